The van der Waals surface area contributed by atoms with Gasteiger partial charge in [0, 0.05) is 19.6 Å². The third kappa shape index (κ3) is 4.43. The fourth-order valence-corrected chi connectivity index (χ4v) is 2.82. The Morgan fingerprint density at radius 1 is 1.53 bits per heavy atom. The molecule has 0 bridgehead atoms. The van der Waals surface area contributed by atoms with Crippen LogP contribution in [0.15, 0.2) is 18.2 Å². The maximum atomic E-state index is 13.1. The normalized spacial score (nSPS) is 20.5. The Morgan fingerprint density at radius 2 is 2.32 bits per heavy atom. The van der Waals surface area contributed by atoms with Gasteiger partial charge in [-0.05, 0) is 30.9 Å². The van der Waals surface area contributed by atoms with Crippen molar-refractivity contribution in [3.63, 3.8) is 0 Å². The molecule has 1 aliphatic rings. The van der Waals surface area contributed by atoms with Crippen LogP contribution in [0.4, 0.5) is 10.2 Å². The van der Waals surface area contributed by atoms with E-state index in [1.807, 2.05) is 4.90 Å². The molecule has 19 heavy (non-hydrogen) atoms. The van der Waals surface area contributed by atoms with E-state index in [-0.39, 0.29) is 5.92 Å². The molecular weight excluding hydrogens is 269 g/mol. The molecule has 5 nitrogen and oxygen atoms in total. The summed E-state index contributed by atoms with van der Waals surface area (Å²) in [5.41, 5.74) is 0. The van der Waals surface area contributed by atoms with E-state index in [2.05, 4.69) is 9.71 Å². The van der Waals surface area contributed by atoms with Gasteiger partial charge in [0.15, 0.2) is 0 Å². The Morgan fingerprint density at radius 3 is 3.00 bits per heavy atom. The lowest BCUT2D eigenvalue weighted by atomic mass is 9.98. The van der Waals surface area contributed by atoms with Crippen molar-refractivity contribution in [2.75, 3.05) is 30.8 Å². The van der Waals surface area contributed by atoms with Gasteiger partial charge in [-0.25, -0.2) is 18.1 Å². The SMILES string of the molecule is CS(=O)(=O)NC[C@H]1CCCN(c2cccc(F)n2)C1. The number of hydrogen-bond acceptors (Lipinski definition) is 4. The highest BCUT2D eigenvalue weighted by molar-refractivity contribution is 7.88. The fraction of sp³-hybridized carbons (Fsp3) is 0.583. The van der Waals surface area contributed by atoms with E-state index in [9.17, 15) is 12.8 Å². The minimum absolute atomic E-state index is 0.230. The molecule has 0 aromatic carbocycles. The van der Waals surface area contributed by atoms with E-state index in [0.717, 1.165) is 25.6 Å². The summed E-state index contributed by atoms with van der Waals surface area (Å²) in [6.45, 7) is 1.94. The smallest absolute Gasteiger partial charge is 0.214 e. The van der Waals surface area contributed by atoms with Gasteiger partial charge in [0.1, 0.15) is 5.82 Å². The van der Waals surface area contributed by atoms with Crippen LogP contribution in [0, 0.1) is 11.9 Å². The van der Waals surface area contributed by atoms with Gasteiger partial charge in [0.25, 0.3) is 0 Å². The first-order valence-electron chi connectivity index (χ1n) is 6.26. The number of nitrogens with one attached hydrogen (secondary N) is 1. The molecule has 0 spiro atoms. The van der Waals surface area contributed by atoms with Crippen molar-refractivity contribution in [2.24, 2.45) is 5.92 Å². The van der Waals surface area contributed by atoms with Crippen molar-refractivity contribution in [3.05, 3.63) is 24.1 Å². The van der Waals surface area contributed by atoms with E-state index in [1.165, 1.54) is 6.07 Å². The van der Waals surface area contributed by atoms with Gasteiger partial charge < -0.3 is 4.90 Å². The minimum atomic E-state index is -3.16. The Bertz CT molecular complexity index is 536. The first-order valence-corrected chi connectivity index (χ1v) is 8.15. The Labute approximate surface area is 112 Å². The lowest BCUT2D eigenvalue weighted by molar-refractivity contribution is 0.408. The van der Waals surface area contributed by atoms with Crippen molar-refractivity contribution in [1.82, 2.24) is 9.71 Å². The molecule has 1 aromatic heterocycles. The second-order valence-corrected chi connectivity index (χ2v) is 6.73. The molecule has 1 fully saturated rings. The molecule has 106 valence electrons. The molecule has 0 amide bonds. The molecule has 7 heteroatoms. The molecule has 2 heterocycles. The second kappa shape index (κ2) is 5.83. The van der Waals surface area contributed by atoms with Crippen LogP contribution >= 0.6 is 0 Å². The molecule has 1 atom stereocenters. The largest absolute Gasteiger partial charge is 0.356 e. The van der Waals surface area contributed by atoms with Crippen molar-refractivity contribution < 1.29 is 12.8 Å². The predicted molar refractivity (Wildman–Crippen MR) is 72.0 cm³/mol. The number of nitrogens with zero attached hydrogens (tertiary/aromatic N) is 2. The maximum Gasteiger partial charge on any atom is 0.214 e. The molecule has 1 saturated heterocycles. The zero-order chi connectivity index (χ0) is 13.9. The highest BCUT2D eigenvalue weighted by atomic mass is 32.2. The molecule has 1 aliphatic heterocycles. The average Bonchev–Trinajstić information content (AvgIpc) is 2.36. The van der Waals surface area contributed by atoms with Crippen LogP contribution in [0.1, 0.15) is 12.8 Å². The minimum Gasteiger partial charge on any atom is -0.356 e. The number of sulfonamides is 1. The van der Waals surface area contributed by atoms with Crippen LogP contribution in [-0.2, 0) is 10.0 Å². The lowest BCUT2D eigenvalue weighted by Crippen LogP contribution is -2.41. The van der Waals surface area contributed by atoms with Gasteiger partial charge in [0.2, 0.25) is 16.0 Å². The third-order valence-corrected chi connectivity index (χ3v) is 3.87. The molecule has 1 aromatic rings. The van der Waals surface area contributed by atoms with Crippen molar-refractivity contribution in [1.29, 1.82) is 0 Å². The second-order valence-electron chi connectivity index (χ2n) is 4.89. The van der Waals surface area contributed by atoms with Gasteiger partial charge in [0.05, 0.1) is 6.26 Å². The zero-order valence-electron chi connectivity index (χ0n) is 10.8. The first kappa shape index (κ1) is 14.2. The van der Waals surface area contributed by atoms with Gasteiger partial charge >= 0.3 is 0 Å². The predicted octanol–water partition coefficient (Wildman–Crippen LogP) is 0.986. The summed E-state index contributed by atoms with van der Waals surface area (Å²) in [5, 5.41) is 0. The van der Waals surface area contributed by atoms with Gasteiger partial charge in [-0.3, -0.25) is 0 Å². The van der Waals surface area contributed by atoms with Crippen LogP contribution in [0.25, 0.3) is 0 Å². The molecule has 0 radical (unpaired) electrons. The topological polar surface area (TPSA) is 62.3 Å². The molecule has 1 N–H and O–H groups in total. The van der Waals surface area contributed by atoms with Crippen LogP contribution in [0.3, 0.4) is 0 Å². The fourth-order valence-electron chi connectivity index (χ4n) is 2.28. The molecule has 0 aliphatic carbocycles. The molecule has 0 saturated carbocycles. The monoisotopic (exact) mass is 287 g/mol. The van der Waals surface area contributed by atoms with E-state index >= 15 is 0 Å². The van der Waals surface area contributed by atoms with E-state index < -0.39 is 16.0 Å². The summed E-state index contributed by atoms with van der Waals surface area (Å²) in [6, 6.07) is 4.72. The maximum absolute atomic E-state index is 13.1. The van der Waals surface area contributed by atoms with Crippen molar-refractivity contribution in [2.45, 2.75) is 12.8 Å². The van der Waals surface area contributed by atoms with E-state index in [1.54, 1.807) is 12.1 Å². The van der Waals surface area contributed by atoms with Gasteiger partial charge in [-0.2, -0.15) is 4.39 Å². The lowest BCUT2D eigenvalue weighted by Gasteiger charge is -2.33. The summed E-state index contributed by atoms with van der Waals surface area (Å²) in [7, 11) is -3.16. The number of anilines is 1. The first-order chi connectivity index (χ1) is 8.94. The molecule has 0 unspecified atom stereocenters. The van der Waals surface area contributed by atoms with E-state index in [0.29, 0.717) is 18.9 Å². The van der Waals surface area contributed by atoms with E-state index in [4.69, 9.17) is 0 Å². The van der Waals surface area contributed by atoms with Crippen LogP contribution in [0.5, 0.6) is 0 Å². The number of aromatic nitrogens is 1. The van der Waals surface area contributed by atoms with Gasteiger partial charge in [-0.1, -0.05) is 6.07 Å². The summed E-state index contributed by atoms with van der Waals surface area (Å²) in [6.07, 6.45) is 3.07. The van der Waals surface area contributed by atoms with Crippen LogP contribution in [0.2, 0.25) is 0 Å². The molecular formula is C12H18FN3O2S. The van der Waals surface area contributed by atoms with Crippen molar-refractivity contribution >= 4 is 15.8 Å². The quantitative estimate of drug-likeness (QED) is 0.839. The zero-order valence-corrected chi connectivity index (χ0v) is 11.7. The third-order valence-electron chi connectivity index (χ3n) is 3.18. The van der Waals surface area contributed by atoms with Crippen LogP contribution < -0.4 is 9.62 Å². The molecule has 2 rings (SSSR count). The number of halogens is 1. The number of rotatable bonds is 4. The van der Waals surface area contributed by atoms with Crippen molar-refractivity contribution in [3.8, 4) is 0 Å². The summed E-state index contributed by atoms with van der Waals surface area (Å²) in [4.78, 5) is 5.86. The highest BCUT2D eigenvalue weighted by Gasteiger charge is 2.21. The summed E-state index contributed by atoms with van der Waals surface area (Å²) in [5.74, 6) is 0.353. The van der Waals surface area contributed by atoms with Gasteiger partial charge in [-0.15, -0.1) is 0 Å². The highest BCUT2D eigenvalue weighted by Crippen LogP contribution is 2.21. The summed E-state index contributed by atoms with van der Waals surface area (Å²) < 4.78 is 37.8. The Kier molecular flexibility index (Phi) is 4.36. The average molecular weight is 287 g/mol. The standard InChI is InChI=1S/C12H18FN3O2S/c1-19(17,18)14-8-10-4-3-7-16(9-10)12-6-2-5-11(13)15-12/h2,5-6,10,14H,3-4,7-9H2,1H3/t10-/m1/s1. The number of piperidine rings is 1. The summed E-state index contributed by atoms with van der Waals surface area (Å²) >= 11 is 0. The number of pyridine rings is 1. The Balaban J connectivity index is 1.97. The Hall–Kier alpha value is -1.21. The van der Waals surface area contributed by atoms with Crippen LogP contribution in [-0.4, -0.2) is 39.3 Å². The number of hydrogen-bond donors (Lipinski definition) is 1.